The van der Waals surface area contributed by atoms with E-state index in [4.69, 9.17) is 21.7 Å². The van der Waals surface area contributed by atoms with Crippen LogP contribution in [0.4, 0.5) is 10.1 Å². The lowest BCUT2D eigenvalue weighted by atomic mass is 10.1. The highest BCUT2D eigenvalue weighted by atomic mass is 32.2. The van der Waals surface area contributed by atoms with Gasteiger partial charge in [-0.3, -0.25) is 9.69 Å². The zero-order valence-electron chi connectivity index (χ0n) is 13.5. The molecule has 0 saturated carbocycles. The summed E-state index contributed by atoms with van der Waals surface area (Å²) >= 11 is 6.39. The smallest absolute Gasteiger partial charge is 0.270 e. The van der Waals surface area contributed by atoms with Crippen molar-refractivity contribution in [3.05, 3.63) is 58.8 Å². The number of hydrogen-bond donors (Lipinski definition) is 0. The Balaban J connectivity index is 2.01. The Morgan fingerprint density at radius 2 is 1.88 bits per heavy atom. The molecular weight excluding hydrogens is 361 g/mol. The maximum atomic E-state index is 14.0. The van der Waals surface area contributed by atoms with Crippen LogP contribution in [-0.4, -0.2) is 24.4 Å². The van der Waals surface area contributed by atoms with Crippen molar-refractivity contribution in [1.82, 2.24) is 0 Å². The molecule has 0 spiro atoms. The molecule has 0 aromatic heterocycles. The van der Waals surface area contributed by atoms with E-state index in [1.54, 1.807) is 43.5 Å². The minimum absolute atomic E-state index is 0.144. The molecule has 1 aliphatic rings. The molecule has 1 aliphatic heterocycles. The Kier molecular flexibility index (Phi) is 5.06. The highest BCUT2D eigenvalue weighted by Gasteiger charge is 2.34. The summed E-state index contributed by atoms with van der Waals surface area (Å²) in [5.41, 5.74) is 0.821. The van der Waals surface area contributed by atoms with Gasteiger partial charge in [0, 0.05) is 5.56 Å². The number of para-hydroxylation sites is 2. The molecule has 0 atom stereocenters. The van der Waals surface area contributed by atoms with Gasteiger partial charge in [0.15, 0.2) is 15.8 Å². The molecule has 128 valence electrons. The van der Waals surface area contributed by atoms with Crippen LogP contribution in [-0.2, 0) is 4.79 Å². The zero-order chi connectivity index (χ0) is 18.0. The highest BCUT2D eigenvalue weighted by molar-refractivity contribution is 8.27. The molecule has 1 saturated heterocycles. The number of ether oxygens (including phenoxy) is 2. The van der Waals surface area contributed by atoms with Crippen molar-refractivity contribution in [2.45, 2.75) is 0 Å². The van der Waals surface area contributed by atoms with E-state index in [2.05, 4.69) is 0 Å². The first-order valence-corrected chi connectivity index (χ1v) is 8.52. The third-order valence-corrected chi connectivity index (χ3v) is 4.91. The Morgan fingerprint density at radius 3 is 2.56 bits per heavy atom. The van der Waals surface area contributed by atoms with Gasteiger partial charge >= 0.3 is 0 Å². The van der Waals surface area contributed by atoms with Gasteiger partial charge in [-0.15, -0.1) is 0 Å². The average molecular weight is 375 g/mol. The Morgan fingerprint density at radius 1 is 1.12 bits per heavy atom. The minimum atomic E-state index is -0.501. The summed E-state index contributed by atoms with van der Waals surface area (Å²) < 4.78 is 25.0. The van der Waals surface area contributed by atoms with Crippen molar-refractivity contribution in [3.8, 4) is 11.5 Å². The number of thioether (sulfide) groups is 1. The van der Waals surface area contributed by atoms with E-state index in [0.717, 1.165) is 11.8 Å². The largest absolute Gasteiger partial charge is 0.493 e. The first kappa shape index (κ1) is 17.4. The van der Waals surface area contributed by atoms with E-state index in [1.165, 1.54) is 24.1 Å². The highest BCUT2D eigenvalue weighted by Crippen LogP contribution is 2.39. The zero-order valence-corrected chi connectivity index (χ0v) is 15.1. The summed E-state index contributed by atoms with van der Waals surface area (Å²) in [5.74, 6) is 0.200. The molecule has 0 aliphatic carbocycles. The first-order chi connectivity index (χ1) is 12.1. The second-order valence-corrected chi connectivity index (χ2v) is 6.73. The lowest BCUT2D eigenvalue weighted by Crippen LogP contribution is -2.28. The normalized spacial score (nSPS) is 15.8. The lowest BCUT2D eigenvalue weighted by Gasteiger charge is -2.15. The molecule has 3 rings (SSSR count). The van der Waals surface area contributed by atoms with Gasteiger partial charge in [-0.25, -0.2) is 4.39 Å². The number of methoxy groups -OCH3 is 2. The Bertz CT molecular complexity index is 882. The van der Waals surface area contributed by atoms with E-state index in [1.807, 2.05) is 0 Å². The molecule has 0 radical (unpaired) electrons. The molecule has 2 aromatic rings. The van der Waals surface area contributed by atoms with Crippen molar-refractivity contribution in [2.24, 2.45) is 0 Å². The number of amides is 1. The summed E-state index contributed by atoms with van der Waals surface area (Å²) in [7, 11) is 3.07. The number of rotatable bonds is 4. The summed E-state index contributed by atoms with van der Waals surface area (Å²) in [6, 6.07) is 11.4. The fourth-order valence-corrected chi connectivity index (χ4v) is 3.75. The van der Waals surface area contributed by atoms with Crippen molar-refractivity contribution >= 4 is 46.0 Å². The number of anilines is 1. The third-order valence-electron chi connectivity index (χ3n) is 3.61. The minimum Gasteiger partial charge on any atom is -0.493 e. The molecule has 2 aromatic carbocycles. The Labute approximate surface area is 154 Å². The van der Waals surface area contributed by atoms with Gasteiger partial charge < -0.3 is 9.47 Å². The van der Waals surface area contributed by atoms with E-state index < -0.39 is 5.82 Å². The van der Waals surface area contributed by atoms with Crippen molar-refractivity contribution in [1.29, 1.82) is 0 Å². The molecular formula is C18H14FNO3S2. The van der Waals surface area contributed by atoms with E-state index in [9.17, 15) is 9.18 Å². The van der Waals surface area contributed by atoms with Gasteiger partial charge in [-0.2, -0.15) is 0 Å². The molecule has 4 nitrogen and oxygen atoms in total. The number of carbonyl (C=O) groups excluding carboxylic acids is 1. The predicted molar refractivity (Wildman–Crippen MR) is 102 cm³/mol. The molecule has 25 heavy (non-hydrogen) atoms. The van der Waals surface area contributed by atoms with Gasteiger partial charge in [0.05, 0.1) is 24.8 Å². The van der Waals surface area contributed by atoms with Crippen LogP contribution in [0.2, 0.25) is 0 Å². The second-order valence-electron chi connectivity index (χ2n) is 5.05. The van der Waals surface area contributed by atoms with Gasteiger partial charge in [-0.1, -0.05) is 48.2 Å². The molecule has 1 heterocycles. The second kappa shape index (κ2) is 7.25. The SMILES string of the molecule is COc1cccc(C=C2SC(=S)N(c3ccccc3F)C2=O)c1OC. The fraction of sp³-hybridized carbons (Fsp3) is 0.111. The summed E-state index contributed by atoms with van der Waals surface area (Å²) in [6.45, 7) is 0. The summed E-state index contributed by atoms with van der Waals surface area (Å²) in [6.07, 6.45) is 1.67. The van der Waals surface area contributed by atoms with Crippen LogP contribution < -0.4 is 14.4 Å². The van der Waals surface area contributed by atoms with Crippen LogP contribution >= 0.6 is 24.0 Å². The Hall–Kier alpha value is -2.38. The van der Waals surface area contributed by atoms with E-state index in [-0.39, 0.29) is 15.9 Å². The van der Waals surface area contributed by atoms with Crippen LogP contribution in [0.1, 0.15) is 5.56 Å². The van der Waals surface area contributed by atoms with Crippen LogP contribution in [0.25, 0.3) is 6.08 Å². The lowest BCUT2D eigenvalue weighted by molar-refractivity contribution is -0.113. The molecule has 1 fully saturated rings. The molecule has 0 N–H and O–H groups in total. The van der Waals surface area contributed by atoms with Gasteiger partial charge in [-0.05, 0) is 24.3 Å². The summed E-state index contributed by atoms with van der Waals surface area (Å²) in [4.78, 5) is 14.3. The van der Waals surface area contributed by atoms with Crippen LogP contribution in [0.3, 0.4) is 0 Å². The molecule has 0 unspecified atom stereocenters. The first-order valence-electron chi connectivity index (χ1n) is 7.30. The van der Waals surface area contributed by atoms with Gasteiger partial charge in [0.2, 0.25) is 0 Å². The van der Waals surface area contributed by atoms with Gasteiger partial charge in [0.1, 0.15) is 5.82 Å². The number of carbonyl (C=O) groups is 1. The monoisotopic (exact) mass is 375 g/mol. The average Bonchev–Trinajstić information content (AvgIpc) is 2.89. The number of thiocarbonyl (C=S) groups is 1. The standard InChI is InChI=1S/C18H14FNO3S2/c1-22-14-9-5-6-11(16(14)23-2)10-15-17(21)20(18(24)25-15)13-8-4-3-7-12(13)19/h3-10H,1-2H3. The fourth-order valence-electron chi connectivity index (χ4n) is 2.48. The number of halogens is 1. The van der Waals surface area contributed by atoms with Crippen molar-refractivity contribution in [2.75, 3.05) is 19.1 Å². The van der Waals surface area contributed by atoms with Crippen LogP contribution in [0.5, 0.6) is 11.5 Å². The number of hydrogen-bond acceptors (Lipinski definition) is 5. The molecule has 7 heteroatoms. The summed E-state index contributed by atoms with van der Waals surface area (Å²) in [5, 5.41) is 0. The van der Waals surface area contributed by atoms with E-state index in [0.29, 0.717) is 22.0 Å². The maximum absolute atomic E-state index is 14.0. The topological polar surface area (TPSA) is 38.8 Å². The predicted octanol–water partition coefficient (Wildman–Crippen LogP) is 4.25. The number of nitrogens with zero attached hydrogens (tertiary/aromatic N) is 1. The van der Waals surface area contributed by atoms with E-state index >= 15 is 0 Å². The third kappa shape index (κ3) is 3.25. The van der Waals surface area contributed by atoms with Crippen molar-refractivity contribution < 1.29 is 18.7 Å². The maximum Gasteiger partial charge on any atom is 0.270 e. The van der Waals surface area contributed by atoms with Crippen LogP contribution in [0.15, 0.2) is 47.4 Å². The van der Waals surface area contributed by atoms with Gasteiger partial charge in [0.25, 0.3) is 5.91 Å². The number of benzene rings is 2. The van der Waals surface area contributed by atoms with Crippen molar-refractivity contribution in [3.63, 3.8) is 0 Å². The molecule has 0 bridgehead atoms. The molecule has 1 amide bonds. The van der Waals surface area contributed by atoms with Crippen LogP contribution in [0, 0.1) is 5.82 Å². The quantitative estimate of drug-likeness (QED) is 0.590.